The maximum Gasteiger partial charge on any atom is 0.337 e. The summed E-state index contributed by atoms with van der Waals surface area (Å²) in [6, 6.07) is 6.29. The average molecular weight is 276 g/mol. The fourth-order valence-electron chi connectivity index (χ4n) is 1.70. The van der Waals surface area contributed by atoms with Crippen molar-refractivity contribution in [1.29, 1.82) is 0 Å². The topological polar surface area (TPSA) is 79.3 Å². The summed E-state index contributed by atoms with van der Waals surface area (Å²) in [6.07, 6.45) is 0. The molecule has 1 aromatic heterocycles. The molecular weight excluding hydrogens is 264 g/mol. The molecule has 19 heavy (non-hydrogen) atoms. The number of aromatic nitrogens is 1. The fraction of sp³-hybridized carbons (Fsp3) is 0.154. The SMILES string of the molecule is Cc1nc(C)c(C(=O)Nc2ccccc2C(=O)O)s1. The minimum atomic E-state index is -1.08. The molecule has 0 unspecified atom stereocenters. The van der Waals surface area contributed by atoms with E-state index in [2.05, 4.69) is 10.3 Å². The van der Waals surface area contributed by atoms with Gasteiger partial charge in [-0.1, -0.05) is 12.1 Å². The lowest BCUT2D eigenvalue weighted by atomic mass is 10.2. The molecule has 5 nitrogen and oxygen atoms in total. The van der Waals surface area contributed by atoms with Crippen molar-refractivity contribution >= 4 is 28.9 Å². The van der Waals surface area contributed by atoms with Crippen molar-refractivity contribution < 1.29 is 14.7 Å². The highest BCUT2D eigenvalue weighted by molar-refractivity contribution is 7.13. The van der Waals surface area contributed by atoms with Gasteiger partial charge in [0.1, 0.15) is 4.88 Å². The van der Waals surface area contributed by atoms with Crippen molar-refractivity contribution in [3.05, 3.63) is 45.4 Å². The molecule has 0 aliphatic carbocycles. The van der Waals surface area contributed by atoms with E-state index in [9.17, 15) is 9.59 Å². The van der Waals surface area contributed by atoms with Crippen LogP contribution in [0.4, 0.5) is 5.69 Å². The van der Waals surface area contributed by atoms with Crippen LogP contribution >= 0.6 is 11.3 Å². The second-order valence-corrected chi connectivity index (χ2v) is 5.16. The third-order valence-electron chi connectivity index (χ3n) is 2.52. The number of carbonyl (C=O) groups is 2. The van der Waals surface area contributed by atoms with Gasteiger partial charge in [-0.05, 0) is 26.0 Å². The average Bonchev–Trinajstić information content (AvgIpc) is 2.69. The lowest BCUT2D eigenvalue weighted by molar-refractivity contribution is 0.0698. The summed E-state index contributed by atoms with van der Waals surface area (Å²) < 4.78 is 0. The van der Waals surface area contributed by atoms with Crippen molar-refractivity contribution in [2.24, 2.45) is 0 Å². The second-order valence-electron chi connectivity index (χ2n) is 3.95. The summed E-state index contributed by atoms with van der Waals surface area (Å²) >= 11 is 1.29. The standard InChI is InChI=1S/C13H12N2O3S/c1-7-11(19-8(2)14-7)12(16)15-10-6-4-3-5-9(10)13(17)18/h3-6H,1-2H3,(H,15,16)(H,17,18). The van der Waals surface area contributed by atoms with E-state index in [1.165, 1.54) is 17.4 Å². The first-order valence-electron chi connectivity index (χ1n) is 5.56. The molecule has 0 spiro atoms. The van der Waals surface area contributed by atoms with Gasteiger partial charge in [-0.25, -0.2) is 9.78 Å². The maximum absolute atomic E-state index is 12.1. The van der Waals surface area contributed by atoms with Gasteiger partial charge in [-0.2, -0.15) is 0 Å². The van der Waals surface area contributed by atoms with E-state index in [4.69, 9.17) is 5.11 Å². The number of anilines is 1. The molecule has 0 radical (unpaired) electrons. The highest BCUT2D eigenvalue weighted by atomic mass is 32.1. The zero-order valence-electron chi connectivity index (χ0n) is 10.4. The Kier molecular flexibility index (Phi) is 3.62. The van der Waals surface area contributed by atoms with Crippen LogP contribution in [0.1, 0.15) is 30.7 Å². The normalized spacial score (nSPS) is 10.2. The molecule has 2 N–H and O–H groups in total. The molecule has 0 saturated heterocycles. The van der Waals surface area contributed by atoms with Gasteiger partial charge in [0.2, 0.25) is 0 Å². The van der Waals surface area contributed by atoms with Gasteiger partial charge in [0, 0.05) is 0 Å². The Morgan fingerprint density at radius 2 is 1.95 bits per heavy atom. The van der Waals surface area contributed by atoms with Gasteiger partial charge >= 0.3 is 5.97 Å². The first-order chi connectivity index (χ1) is 8.99. The number of carboxylic acids is 1. The second kappa shape index (κ2) is 5.19. The Balaban J connectivity index is 2.29. The molecular formula is C13H12N2O3S. The number of carbonyl (C=O) groups excluding carboxylic acids is 1. The molecule has 2 aromatic rings. The van der Waals surface area contributed by atoms with E-state index in [1.807, 2.05) is 6.92 Å². The van der Waals surface area contributed by atoms with Gasteiger partial charge in [0.15, 0.2) is 0 Å². The largest absolute Gasteiger partial charge is 0.478 e. The number of aromatic carboxylic acids is 1. The molecule has 6 heteroatoms. The number of aryl methyl sites for hydroxylation is 2. The van der Waals surface area contributed by atoms with E-state index >= 15 is 0 Å². The van der Waals surface area contributed by atoms with Crippen LogP contribution in [0.25, 0.3) is 0 Å². The van der Waals surface area contributed by atoms with Crippen molar-refractivity contribution in [3.8, 4) is 0 Å². The summed E-state index contributed by atoms with van der Waals surface area (Å²) in [7, 11) is 0. The highest BCUT2D eigenvalue weighted by Crippen LogP contribution is 2.21. The first kappa shape index (κ1) is 13.2. The molecule has 0 fully saturated rings. The van der Waals surface area contributed by atoms with Crippen LogP contribution in [0.5, 0.6) is 0 Å². The third-order valence-corrected chi connectivity index (χ3v) is 3.59. The number of benzene rings is 1. The van der Waals surface area contributed by atoms with E-state index in [0.717, 1.165) is 5.01 Å². The smallest absolute Gasteiger partial charge is 0.337 e. The molecule has 1 heterocycles. The Morgan fingerprint density at radius 1 is 1.26 bits per heavy atom. The molecule has 1 aromatic carbocycles. The zero-order chi connectivity index (χ0) is 14.0. The summed E-state index contributed by atoms with van der Waals surface area (Å²) in [5.74, 6) is -1.41. The number of hydrogen-bond donors (Lipinski definition) is 2. The number of rotatable bonds is 3. The first-order valence-corrected chi connectivity index (χ1v) is 6.38. The Bertz CT molecular complexity index is 649. The predicted molar refractivity (Wildman–Crippen MR) is 72.9 cm³/mol. The van der Waals surface area contributed by atoms with Crippen molar-refractivity contribution in [3.63, 3.8) is 0 Å². The van der Waals surface area contributed by atoms with Crippen molar-refractivity contribution in [2.45, 2.75) is 13.8 Å². The molecule has 0 atom stereocenters. The third kappa shape index (κ3) is 2.79. The Morgan fingerprint density at radius 3 is 2.53 bits per heavy atom. The van der Waals surface area contributed by atoms with Gasteiger partial charge < -0.3 is 10.4 Å². The van der Waals surface area contributed by atoms with Crippen LogP contribution in [0.2, 0.25) is 0 Å². The number of amides is 1. The van der Waals surface area contributed by atoms with E-state index in [0.29, 0.717) is 10.6 Å². The molecule has 0 aliphatic heterocycles. The Labute approximate surface area is 113 Å². The van der Waals surface area contributed by atoms with Crippen molar-refractivity contribution in [2.75, 3.05) is 5.32 Å². The lowest BCUT2D eigenvalue weighted by Gasteiger charge is -2.07. The number of carboxylic acid groups (broad SMARTS) is 1. The maximum atomic E-state index is 12.1. The van der Waals surface area contributed by atoms with Crippen LogP contribution < -0.4 is 5.32 Å². The minimum absolute atomic E-state index is 0.0646. The summed E-state index contributed by atoms with van der Waals surface area (Å²) in [5.41, 5.74) is 0.994. The van der Waals surface area contributed by atoms with Gasteiger partial charge in [-0.3, -0.25) is 4.79 Å². The highest BCUT2D eigenvalue weighted by Gasteiger charge is 2.16. The quantitative estimate of drug-likeness (QED) is 0.903. The summed E-state index contributed by atoms with van der Waals surface area (Å²) in [6.45, 7) is 3.57. The monoisotopic (exact) mass is 276 g/mol. The van der Waals surface area contributed by atoms with E-state index in [-0.39, 0.29) is 17.2 Å². The molecule has 2 rings (SSSR count). The summed E-state index contributed by atoms with van der Waals surface area (Å²) in [5, 5.41) is 12.5. The number of thiazole rings is 1. The van der Waals surface area contributed by atoms with E-state index in [1.54, 1.807) is 25.1 Å². The van der Waals surface area contributed by atoms with Crippen molar-refractivity contribution in [1.82, 2.24) is 4.98 Å². The number of hydrogen-bond acceptors (Lipinski definition) is 4. The Hall–Kier alpha value is -2.21. The van der Waals surface area contributed by atoms with Gasteiger partial charge in [0.05, 0.1) is 22.0 Å². The van der Waals surface area contributed by atoms with Crippen LogP contribution in [0.3, 0.4) is 0 Å². The van der Waals surface area contributed by atoms with Crippen LogP contribution in [0.15, 0.2) is 24.3 Å². The predicted octanol–water partition coefficient (Wildman–Crippen LogP) is 2.71. The number of nitrogens with zero attached hydrogens (tertiary/aromatic N) is 1. The molecule has 0 aliphatic rings. The number of para-hydroxylation sites is 1. The summed E-state index contributed by atoms with van der Waals surface area (Å²) in [4.78, 5) is 27.8. The van der Waals surface area contributed by atoms with E-state index < -0.39 is 5.97 Å². The fourth-order valence-corrected chi connectivity index (χ4v) is 2.51. The van der Waals surface area contributed by atoms with Gasteiger partial charge in [0.25, 0.3) is 5.91 Å². The number of nitrogens with one attached hydrogen (secondary N) is 1. The lowest BCUT2D eigenvalue weighted by Crippen LogP contribution is -2.14. The van der Waals surface area contributed by atoms with Crippen LogP contribution in [0, 0.1) is 13.8 Å². The van der Waals surface area contributed by atoms with Crippen LogP contribution in [-0.2, 0) is 0 Å². The van der Waals surface area contributed by atoms with Gasteiger partial charge in [-0.15, -0.1) is 11.3 Å². The minimum Gasteiger partial charge on any atom is -0.478 e. The molecule has 0 saturated carbocycles. The van der Waals surface area contributed by atoms with Crippen LogP contribution in [-0.4, -0.2) is 22.0 Å². The molecule has 0 bridgehead atoms. The molecule has 98 valence electrons. The molecule has 1 amide bonds. The zero-order valence-corrected chi connectivity index (χ0v) is 11.2.